The molecular formula is C53H49N9O7S2. The van der Waals surface area contributed by atoms with Gasteiger partial charge in [0.1, 0.15) is 45.0 Å². The minimum absolute atomic E-state index is 0.137. The number of urea groups is 1. The minimum Gasteiger partial charge on any atom is -0.496 e. The average molecular weight is 988 g/mol. The Morgan fingerprint density at radius 1 is 0.648 bits per heavy atom. The molecule has 16 nitrogen and oxygen atoms in total. The maximum absolute atomic E-state index is 13.3. The summed E-state index contributed by atoms with van der Waals surface area (Å²) in [6.45, 7) is 5.42. The first-order chi connectivity index (χ1) is 34.6. The molecule has 71 heavy (non-hydrogen) atoms. The molecule has 360 valence electrons. The lowest BCUT2D eigenvalue weighted by molar-refractivity contribution is 0.0515. The molecule has 4 aromatic heterocycles. The number of nitrogens with two attached hydrogens (primary N) is 1. The number of methoxy groups -OCH3 is 2. The number of nitrogen functional groups attached to an aromatic ring is 1. The second kappa shape index (κ2) is 21.1. The highest BCUT2D eigenvalue weighted by Gasteiger charge is 2.28. The summed E-state index contributed by atoms with van der Waals surface area (Å²) in [6, 6.07) is 37.5. The van der Waals surface area contributed by atoms with E-state index in [4.69, 9.17) is 19.9 Å². The molecule has 0 aliphatic rings. The lowest BCUT2D eigenvalue weighted by Gasteiger charge is -2.14. The number of nitrogens with one attached hydrogen (secondary N) is 2. The highest BCUT2D eigenvalue weighted by Crippen LogP contribution is 2.41. The fourth-order valence-electron chi connectivity index (χ4n) is 8.79. The molecule has 2 amide bonds. The van der Waals surface area contributed by atoms with Crippen molar-refractivity contribution in [2.45, 2.75) is 39.8 Å². The van der Waals surface area contributed by atoms with E-state index in [0.29, 0.717) is 57.9 Å². The summed E-state index contributed by atoms with van der Waals surface area (Å²) in [5.74, 6) is -0.0338. The van der Waals surface area contributed by atoms with E-state index < -0.39 is 11.9 Å². The van der Waals surface area contributed by atoms with E-state index in [0.717, 1.165) is 97.3 Å². The molecule has 0 radical (unpaired) electrons. The van der Waals surface area contributed by atoms with Gasteiger partial charge < -0.3 is 44.8 Å². The number of carbonyl (C=O) groups is 3. The zero-order valence-corrected chi connectivity index (χ0v) is 40.9. The normalized spacial score (nSPS) is 11.2. The molecule has 0 unspecified atom stereocenters. The second-order valence-electron chi connectivity index (χ2n) is 16.4. The van der Waals surface area contributed by atoms with Crippen LogP contribution in [0.4, 0.5) is 16.2 Å². The zero-order valence-electron chi connectivity index (χ0n) is 39.3. The van der Waals surface area contributed by atoms with Crippen LogP contribution in [0, 0.1) is 0 Å². The van der Waals surface area contributed by atoms with Crippen LogP contribution in [0.3, 0.4) is 0 Å². The van der Waals surface area contributed by atoms with E-state index in [1.807, 2.05) is 120 Å². The summed E-state index contributed by atoms with van der Waals surface area (Å²) in [5.41, 5.74) is 17.3. The van der Waals surface area contributed by atoms with Crippen LogP contribution in [-0.4, -0.2) is 77.1 Å². The molecule has 0 saturated carbocycles. The van der Waals surface area contributed by atoms with Crippen molar-refractivity contribution in [2.75, 3.05) is 38.4 Å². The first kappa shape index (κ1) is 47.7. The number of hydrogen-bond donors (Lipinski definition) is 4. The van der Waals surface area contributed by atoms with E-state index in [2.05, 4.69) is 35.1 Å². The molecule has 5 N–H and O–H groups in total. The number of carbonyl (C=O) groups excluding carboxylic acids is 2. The van der Waals surface area contributed by atoms with Crippen molar-refractivity contribution in [1.82, 2.24) is 31.9 Å². The Balaban J connectivity index is 0.000000177. The van der Waals surface area contributed by atoms with Gasteiger partial charge in [0.2, 0.25) is 0 Å². The predicted octanol–water partition coefficient (Wildman–Crippen LogP) is 11.1. The number of esters is 1. The highest BCUT2D eigenvalue weighted by atomic mass is 32.1. The number of anilines is 2. The van der Waals surface area contributed by atoms with Crippen LogP contribution >= 0.6 is 23.5 Å². The fourth-order valence-corrected chi connectivity index (χ4v) is 9.82. The molecule has 0 bridgehead atoms. The van der Waals surface area contributed by atoms with Crippen molar-refractivity contribution in [3.63, 3.8) is 0 Å². The van der Waals surface area contributed by atoms with Crippen LogP contribution in [0.25, 0.3) is 66.1 Å². The number of nitrogens with zero attached hydrogens (tertiary/aromatic N) is 6. The number of aromatic carboxylic acids is 1. The van der Waals surface area contributed by atoms with E-state index in [-0.39, 0.29) is 24.9 Å². The van der Waals surface area contributed by atoms with Crippen molar-refractivity contribution in [3.05, 3.63) is 144 Å². The summed E-state index contributed by atoms with van der Waals surface area (Å²) in [5, 5.41) is 17.8. The molecule has 0 spiro atoms. The van der Waals surface area contributed by atoms with Crippen molar-refractivity contribution in [1.29, 1.82) is 0 Å². The number of carboxylic acids is 1. The van der Waals surface area contributed by atoms with Gasteiger partial charge in [-0.2, -0.15) is 17.5 Å². The Morgan fingerprint density at radius 2 is 1.18 bits per heavy atom. The fraction of sp³-hybridized carbons (Fsp3) is 0.189. The van der Waals surface area contributed by atoms with Crippen LogP contribution in [0.2, 0.25) is 0 Å². The summed E-state index contributed by atoms with van der Waals surface area (Å²) in [6.07, 6.45) is 1.87. The zero-order chi connectivity index (χ0) is 49.6. The number of fused-ring (bicyclic) bond motifs is 4. The number of amides is 2. The van der Waals surface area contributed by atoms with Gasteiger partial charge >= 0.3 is 18.0 Å². The third kappa shape index (κ3) is 9.79. The summed E-state index contributed by atoms with van der Waals surface area (Å²) >= 11 is 2.27. The lowest BCUT2D eigenvalue weighted by atomic mass is 10.0. The van der Waals surface area contributed by atoms with E-state index in [1.54, 1.807) is 31.8 Å². The molecule has 0 atom stereocenters. The largest absolute Gasteiger partial charge is 0.496 e. The van der Waals surface area contributed by atoms with Gasteiger partial charge in [-0.25, -0.2) is 14.4 Å². The first-order valence-corrected chi connectivity index (χ1v) is 24.3. The molecule has 0 saturated heterocycles. The maximum Gasteiger partial charge on any atom is 0.355 e. The molecule has 0 aliphatic carbocycles. The third-order valence-corrected chi connectivity index (χ3v) is 13.1. The van der Waals surface area contributed by atoms with Gasteiger partial charge in [0, 0.05) is 62.0 Å². The van der Waals surface area contributed by atoms with Crippen LogP contribution in [0.15, 0.2) is 121 Å². The number of unbranched alkanes of at least 4 members (excludes halogenated alkanes) is 1. The average Bonchev–Trinajstić information content (AvgIpc) is 4.18. The van der Waals surface area contributed by atoms with Gasteiger partial charge in [-0.1, -0.05) is 61.9 Å². The predicted molar refractivity (Wildman–Crippen MR) is 280 cm³/mol. The lowest BCUT2D eigenvalue weighted by Crippen LogP contribution is -2.29. The highest BCUT2D eigenvalue weighted by molar-refractivity contribution is 7.00. The first-order valence-electron chi connectivity index (χ1n) is 22.8. The van der Waals surface area contributed by atoms with Crippen LogP contribution in [-0.2, 0) is 17.8 Å². The van der Waals surface area contributed by atoms with Crippen LogP contribution in [0.1, 0.15) is 58.8 Å². The van der Waals surface area contributed by atoms with Gasteiger partial charge in [-0.3, -0.25) is 0 Å². The Labute approximate surface area is 416 Å². The van der Waals surface area contributed by atoms with Crippen molar-refractivity contribution < 1.29 is 33.7 Å². The van der Waals surface area contributed by atoms with Crippen LogP contribution < -0.4 is 25.8 Å². The molecule has 10 rings (SSSR count). The number of rotatable bonds is 15. The molecule has 18 heteroatoms. The Hall–Kier alpha value is -8.35. The van der Waals surface area contributed by atoms with Crippen molar-refractivity contribution in [2.24, 2.45) is 0 Å². The number of aromatic nitrogens is 6. The quantitative estimate of drug-likeness (QED) is 0.0429. The maximum atomic E-state index is 13.3. The molecule has 6 aromatic carbocycles. The molecule has 0 aliphatic heterocycles. The molecule has 0 fully saturated rings. The number of carboxylic acid groups (broad SMARTS) is 1. The number of benzene rings is 6. The van der Waals surface area contributed by atoms with Gasteiger partial charge in [0.15, 0.2) is 0 Å². The number of hydrogen-bond acceptors (Lipinski definition) is 13. The Bertz CT molecular complexity index is 3600. The SMILES string of the molecule is CCCCNC(=O)Nc1ccc2c(c1)c(-c1ccc3nsnc3c1)c(C(=O)O)n2Cc1ccccc1OC.CCOC(=O)c1c(-c2ccc3nsnc3c2)c2cc(N)ccc2n1Cc1ccccc1OC. The van der Waals surface area contributed by atoms with Gasteiger partial charge in [0.25, 0.3) is 0 Å². The van der Waals surface area contributed by atoms with Gasteiger partial charge in [-0.15, -0.1) is 0 Å². The number of ether oxygens (including phenoxy) is 3. The summed E-state index contributed by atoms with van der Waals surface area (Å²) < 4.78 is 37.6. The standard InChI is InChI=1S/C28H27N5O4S.C25H22N4O3S/c1-3-4-13-29-28(36)30-19-10-12-23-20(15-19)25(17-9-11-21-22(14-17)32-38-31-21)26(27(34)35)33(23)16-18-7-5-6-8-24(18)37-2;1-3-32-25(30)24-23(15-8-10-19-20(12-15)28-33-27-19)18-13-17(26)9-11-21(18)29(24)14-16-6-4-5-7-22(16)31-2/h5-12,14-15H,3-4,13,16H2,1-2H3,(H,34,35)(H2,29,30,36);4-13H,3,14,26H2,1-2H3. The third-order valence-electron chi connectivity index (χ3n) is 12.0. The van der Waals surface area contributed by atoms with E-state index >= 15 is 0 Å². The Morgan fingerprint density at radius 3 is 1.75 bits per heavy atom. The monoisotopic (exact) mass is 987 g/mol. The van der Waals surface area contributed by atoms with Gasteiger partial charge in [0.05, 0.1) is 57.4 Å². The topological polar surface area (TPSA) is 211 Å². The summed E-state index contributed by atoms with van der Waals surface area (Å²) in [7, 11) is 3.23. The molecule has 10 aromatic rings. The molecule has 4 heterocycles. The summed E-state index contributed by atoms with van der Waals surface area (Å²) in [4.78, 5) is 38.6. The Kier molecular flexibility index (Phi) is 14.2. The van der Waals surface area contributed by atoms with Crippen molar-refractivity contribution in [3.8, 4) is 33.8 Å². The molecular weight excluding hydrogens is 939 g/mol. The smallest absolute Gasteiger partial charge is 0.355 e. The van der Waals surface area contributed by atoms with E-state index in [9.17, 15) is 19.5 Å². The minimum atomic E-state index is -1.06. The van der Waals surface area contributed by atoms with Crippen LogP contribution in [0.5, 0.6) is 11.5 Å². The number of para-hydroxylation sites is 2. The van der Waals surface area contributed by atoms with E-state index in [1.165, 1.54) is 0 Å². The van der Waals surface area contributed by atoms with Gasteiger partial charge in [-0.05, 0) is 97.3 Å². The van der Waals surface area contributed by atoms with Crippen molar-refractivity contribution >= 4 is 96.7 Å². The second-order valence-corrected chi connectivity index (χ2v) is 17.5.